The molecule has 0 N–H and O–H groups in total. The molecule has 0 aliphatic heterocycles. The Hall–Kier alpha value is -3.67. The molecule has 0 aromatic carbocycles. The van der Waals surface area contributed by atoms with E-state index in [-0.39, 0.29) is 37.5 Å². The second-order valence-corrected chi connectivity index (χ2v) is 22.3. The second-order valence-electron chi connectivity index (χ2n) is 22.3. The Balaban J connectivity index is 4.45. The Kier molecular flexibility index (Phi) is 63.7. The minimum absolute atomic E-state index is 0.107. The predicted molar refractivity (Wildman–Crippen MR) is 344 cm³/mol. The lowest BCUT2D eigenvalue weighted by Crippen LogP contribution is -2.30. The minimum atomic E-state index is -0.821. The van der Waals surface area contributed by atoms with E-state index in [1.54, 1.807) is 0 Å². The van der Waals surface area contributed by atoms with Gasteiger partial charge in [0.2, 0.25) is 0 Å². The zero-order chi connectivity index (χ0) is 57.1. The van der Waals surface area contributed by atoms with Crippen LogP contribution in [0.3, 0.4) is 0 Å². The third kappa shape index (κ3) is 65.0. The Bertz CT molecular complexity index is 1480. The first-order valence-electron chi connectivity index (χ1n) is 33.7. The summed E-state index contributed by atoms with van der Waals surface area (Å²) >= 11 is 0. The van der Waals surface area contributed by atoms with Crippen LogP contribution < -0.4 is 0 Å². The van der Waals surface area contributed by atoms with E-state index in [0.29, 0.717) is 19.3 Å². The Morgan fingerprint density at radius 1 is 0.266 bits per heavy atom. The molecule has 0 bridgehead atoms. The number of hydrogen-bond acceptors (Lipinski definition) is 6. The normalized spacial score (nSPS) is 12.4. The van der Waals surface area contributed by atoms with Crippen molar-refractivity contribution in [2.24, 2.45) is 0 Å². The minimum Gasteiger partial charge on any atom is -0.462 e. The lowest BCUT2D eigenvalue weighted by Gasteiger charge is -2.18. The molecule has 0 amide bonds. The number of esters is 3. The van der Waals surface area contributed by atoms with Crippen LogP contribution in [-0.4, -0.2) is 37.2 Å². The Labute approximate surface area is 489 Å². The summed E-state index contributed by atoms with van der Waals surface area (Å²) < 4.78 is 16.9. The van der Waals surface area contributed by atoms with Gasteiger partial charge in [-0.1, -0.05) is 298 Å². The van der Waals surface area contributed by atoms with Crippen LogP contribution in [0.2, 0.25) is 0 Å². The van der Waals surface area contributed by atoms with Crippen molar-refractivity contribution in [3.05, 3.63) is 97.2 Å². The Morgan fingerprint density at radius 3 is 0.823 bits per heavy atom. The molecule has 454 valence electrons. The van der Waals surface area contributed by atoms with Crippen LogP contribution in [0.15, 0.2) is 97.2 Å². The van der Waals surface area contributed by atoms with E-state index in [2.05, 4.69) is 112 Å². The summed E-state index contributed by atoms with van der Waals surface area (Å²) in [5.41, 5.74) is 0. The van der Waals surface area contributed by atoms with E-state index in [9.17, 15) is 14.4 Å². The fraction of sp³-hybridized carbons (Fsp3) is 0.740. The van der Waals surface area contributed by atoms with Gasteiger partial charge in [-0.15, -0.1) is 0 Å². The zero-order valence-electron chi connectivity index (χ0n) is 52.1. The fourth-order valence-corrected chi connectivity index (χ4v) is 9.52. The molecule has 0 aromatic heterocycles. The number of carbonyl (C=O) groups is 3. The largest absolute Gasteiger partial charge is 0.462 e. The smallest absolute Gasteiger partial charge is 0.306 e. The predicted octanol–water partition coefficient (Wildman–Crippen LogP) is 23.2. The van der Waals surface area contributed by atoms with Crippen molar-refractivity contribution in [2.75, 3.05) is 13.2 Å². The molecule has 0 unspecified atom stereocenters. The monoisotopic (exact) mass is 1100 g/mol. The van der Waals surface area contributed by atoms with Crippen molar-refractivity contribution in [1.29, 1.82) is 0 Å². The van der Waals surface area contributed by atoms with E-state index in [0.717, 1.165) is 77.0 Å². The van der Waals surface area contributed by atoms with E-state index >= 15 is 0 Å². The van der Waals surface area contributed by atoms with Crippen molar-refractivity contribution < 1.29 is 28.6 Å². The molecule has 0 aliphatic carbocycles. The third-order valence-corrected chi connectivity index (χ3v) is 14.6. The number of unbranched alkanes of at least 4 members (excludes halogenated alkanes) is 34. The SMILES string of the molecule is CC/C=C\C/C=C\C/C=C\C/C=C\C/C=C\C/C=C\CCC(=O)OC(COC(=O)CCCCCCCCCCCCC/C=C\CCCCCCCC)COC(=O)CCCCCCCCCCCCC/C=C\CCCCCCCC. The Morgan fingerprint density at radius 2 is 0.519 bits per heavy atom. The number of ether oxygens (including phenoxy) is 3. The van der Waals surface area contributed by atoms with Crippen molar-refractivity contribution in [2.45, 2.75) is 335 Å². The molecule has 0 atom stereocenters. The molecule has 0 aromatic rings. The lowest BCUT2D eigenvalue weighted by molar-refractivity contribution is -0.166. The van der Waals surface area contributed by atoms with Crippen LogP contribution in [0, 0.1) is 0 Å². The number of rotatable bonds is 61. The maximum absolute atomic E-state index is 12.9. The van der Waals surface area contributed by atoms with Gasteiger partial charge in [-0.2, -0.15) is 0 Å². The maximum atomic E-state index is 12.9. The number of allylic oxidation sites excluding steroid dienone is 16. The highest BCUT2D eigenvalue weighted by atomic mass is 16.6. The highest BCUT2D eigenvalue weighted by molar-refractivity contribution is 5.71. The molecule has 0 heterocycles. The van der Waals surface area contributed by atoms with Gasteiger partial charge in [0.15, 0.2) is 6.10 Å². The van der Waals surface area contributed by atoms with Crippen molar-refractivity contribution >= 4 is 17.9 Å². The molecule has 0 radical (unpaired) electrons. The first kappa shape index (κ1) is 75.3. The summed E-state index contributed by atoms with van der Waals surface area (Å²) in [5, 5.41) is 0. The van der Waals surface area contributed by atoms with E-state index in [1.165, 1.54) is 205 Å². The van der Waals surface area contributed by atoms with Crippen LogP contribution in [0.4, 0.5) is 0 Å². The van der Waals surface area contributed by atoms with Gasteiger partial charge < -0.3 is 14.2 Å². The molecule has 0 spiro atoms. The molecule has 0 aliphatic rings. The molecule has 0 saturated carbocycles. The van der Waals surface area contributed by atoms with Crippen molar-refractivity contribution in [3.63, 3.8) is 0 Å². The van der Waals surface area contributed by atoms with Gasteiger partial charge in [0.05, 0.1) is 0 Å². The van der Waals surface area contributed by atoms with E-state index in [1.807, 2.05) is 6.08 Å². The highest BCUT2D eigenvalue weighted by Gasteiger charge is 2.19. The van der Waals surface area contributed by atoms with E-state index in [4.69, 9.17) is 14.2 Å². The molecular weight excluding hydrogens is 973 g/mol. The standard InChI is InChI=1S/C73H126O6/c1-4-7-10-13-16-19-22-25-28-31-34-36-39-41-44-47-50-53-56-59-62-65-71(74)77-68-70(79-73(76)67-64-61-58-55-52-49-46-43-38-33-30-27-24-21-18-15-12-9-6-3)69-78-72(75)66-63-60-57-54-51-48-45-42-40-37-35-32-29-26-23-20-17-14-11-8-5-2/h9,12,18,21,25-30,38,43,49,52,58,61,70H,4-8,10-11,13-17,19-20,22-24,31-37,39-42,44-48,50-51,53-57,59-60,62-69H2,1-3H3/b12-9-,21-18-,28-25-,29-26-,30-27-,43-38-,52-49-,61-58-. The summed E-state index contributed by atoms with van der Waals surface area (Å²) in [4.78, 5) is 38.4. The second kappa shape index (κ2) is 66.8. The summed E-state index contributed by atoms with van der Waals surface area (Å²) in [7, 11) is 0. The quantitative estimate of drug-likeness (QED) is 0.0261. The molecule has 0 rings (SSSR count). The summed E-state index contributed by atoms with van der Waals surface area (Å²) in [5.74, 6) is -0.980. The van der Waals surface area contributed by atoms with Crippen molar-refractivity contribution in [3.8, 4) is 0 Å². The van der Waals surface area contributed by atoms with Gasteiger partial charge in [-0.3, -0.25) is 14.4 Å². The maximum Gasteiger partial charge on any atom is 0.306 e. The number of hydrogen-bond donors (Lipinski definition) is 0. The average molecular weight is 1100 g/mol. The number of carbonyl (C=O) groups excluding carboxylic acids is 3. The summed E-state index contributed by atoms with van der Waals surface area (Å²) in [6, 6.07) is 0. The van der Waals surface area contributed by atoms with E-state index < -0.39 is 6.10 Å². The first-order chi connectivity index (χ1) is 39.0. The van der Waals surface area contributed by atoms with Crippen LogP contribution in [-0.2, 0) is 28.6 Å². The van der Waals surface area contributed by atoms with Gasteiger partial charge in [0, 0.05) is 19.3 Å². The molecule has 0 fully saturated rings. The summed E-state index contributed by atoms with van der Waals surface area (Å²) in [6.45, 7) is 6.50. The van der Waals surface area contributed by atoms with Gasteiger partial charge in [0.1, 0.15) is 13.2 Å². The van der Waals surface area contributed by atoms with Crippen molar-refractivity contribution in [1.82, 2.24) is 0 Å². The van der Waals surface area contributed by atoms with Gasteiger partial charge in [-0.05, 0) is 109 Å². The van der Waals surface area contributed by atoms with Gasteiger partial charge in [-0.25, -0.2) is 0 Å². The molecule has 6 heteroatoms. The fourth-order valence-electron chi connectivity index (χ4n) is 9.52. The third-order valence-electron chi connectivity index (χ3n) is 14.6. The molecule has 0 saturated heterocycles. The van der Waals surface area contributed by atoms with Crippen LogP contribution in [0.5, 0.6) is 0 Å². The van der Waals surface area contributed by atoms with Crippen LogP contribution in [0.25, 0.3) is 0 Å². The highest BCUT2D eigenvalue weighted by Crippen LogP contribution is 2.16. The van der Waals surface area contributed by atoms with Crippen LogP contribution >= 0.6 is 0 Å². The van der Waals surface area contributed by atoms with Crippen LogP contribution in [0.1, 0.15) is 329 Å². The molecule has 6 nitrogen and oxygen atoms in total. The average Bonchev–Trinajstić information content (AvgIpc) is 3.45. The van der Waals surface area contributed by atoms with Gasteiger partial charge in [0.25, 0.3) is 0 Å². The summed E-state index contributed by atoms with van der Waals surface area (Å²) in [6.07, 6.45) is 90.0. The topological polar surface area (TPSA) is 78.9 Å². The first-order valence-corrected chi connectivity index (χ1v) is 33.7. The van der Waals surface area contributed by atoms with Gasteiger partial charge >= 0.3 is 17.9 Å². The lowest BCUT2D eigenvalue weighted by atomic mass is 10.0. The molecule has 79 heavy (non-hydrogen) atoms. The molecular formula is C73H126O6. The zero-order valence-corrected chi connectivity index (χ0v) is 52.1.